The van der Waals surface area contributed by atoms with Crippen molar-refractivity contribution < 1.29 is 22.7 Å². The number of rotatable bonds is 6. The van der Waals surface area contributed by atoms with E-state index in [4.69, 9.17) is 9.47 Å². The number of sulfonamides is 1. The molecule has 9 nitrogen and oxygen atoms in total. The summed E-state index contributed by atoms with van der Waals surface area (Å²) >= 11 is 0. The quantitative estimate of drug-likeness (QED) is 0.670. The Morgan fingerprint density at radius 3 is 2.68 bits per heavy atom. The van der Waals surface area contributed by atoms with Crippen LogP contribution in [0, 0.1) is 0 Å². The molecule has 0 spiro atoms. The largest absolute Gasteiger partial charge is 0.383 e. The summed E-state index contributed by atoms with van der Waals surface area (Å²) in [4.78, 5) is 25.2. The number of aryl methyl sites for hydroxylation is 1. The van der Waals surface area contributed by atoms with Crippen molar-refractivity contribution in [1.82, 2.24) is 14.2 Å². The first kappa shape index (κ1) is 20.5. The van der Waals surface area contributed by atoms with Gasteiger partial charge in [-0.25, -0.2) is 8.42 Å². The number of benzene rings is 1. The Hall–Kier alpha value is -2.27. The van der Waals surface area contributed by atoms with E-state index in [-0.39, 0.29) is 35.5 Å². The van der Waals surface area contributed by atoms with E-state index in [2.05, 4.69) is 5.32 Å². The van der Waals surface area contributed by atoms with Crippen molar-refractivity contribution in [2.24, 2.45) is 7.05 Å². The van der Waals surface area contributed by atoms with Crippen molar-refractivity contribution >= 4 is 26.8 Å². The molecule has 2 heterocycles. The molecular weight excluding hydrogens is 386 g/mol. The van der Waals surface area contributed by atoms with E-state index in [1.165, 1.54) is 29.7 Å². The molecule has 1 saturated heterocycles. The summed E-state index contributed by atoms with van der Waals surface area (Å²) in [5, 5.41) is 2.79. The van der Waals surface area contributed by atoms with Gasteiger partial charge in [0.15, 0.2) is 0 Å². The Bertz CT molecular complexity index is 1040. The summed E-state index contributed by atoms with van der Waals surface area (Å²) in [6, 6.07) is 4.40. The lowest BCUT2D eigenvalue weighted by Gasteiger charge is -2.26. The molecule has 0 aliphatic carbocycles. The number of carbonyl (C=O) groups is 1. The monoisotopic (exact) mass is 409 g/mol. The van der Waals surface area contributed by atoms with Gasteiger partial charge in [0.1, 0.15) is 5.56 Å². The number of amides is 1. The average Bonchev–Trinajstić information content (AvgIpc) is 2.71. The number of hydrogen-bond donors (Lipinski definition) is 1. The van der Waals surface area contributed by atoms with Crippen LogP contribution >= 0.6 is 0 Å². The van der Waals surface area contributed by atoms with Gasteiger partial charge in [0.25, 0.3) is 5.91 Å². The van der Waals surface area contributed by atoms with Crippen molar-refractivity contribution in [3.63, 3.8) is 0 Å². The highest BCUT2D eigenvalue weighted by Gasteiger charge is 2.27. The van der Waals surface area contributed by atoms with E-state index in [9.17, 15) is 18.0 Å². The number of carbonyl (C=O) groups excluding carboxylic acids is 1. The highest BCUT2D eigenvalue weighted by atomic mass is 32.2. The molecule has 0 saturated carbocycles. The second kappa shape index (κ2) is 8.39. The lowest BCUT2D eigenvalue weighted by molar-refractivity contribution is 0.0730. The van der Waals surface area contributed by atoms with Crippen LogP contribution in [0.15, 0.2) is 34.1 Å². The van der Waals surface area contributed by atoms with Crippen LogP contribution < -0.4 is 10.7 Å². The standard InChI is InChI=1S/C18H23N3O6S/c1-20-12-15(18(23)19-5-8-26-2)17(22)14-11-13(3-4-16(14)20)28(24,25)21-6-9-27-10-7-21/h3-4,11-12H,5-10H2,1-2H3,(H,19,23). The van der Waals surface area contributed by atoms with Crippen LogP contribution in [0.2, 0.25) is 0 Å². The van der Waals surface area contributed by atoms with Crippen LogP contribution in [-0.2, 0) is 26.5 Å². The van der Waals surface area contributed by atoms with Gasteiger partial charge >= 0.3 is 0 Å². The van der Waals surface area contributed by atoms with Crippen molar-refractivity contribution in [3.8, 4) is 0 Å². The van der Waals surface area contributed by atoms with Crippen molar-refractivity contribution in [1.29, 1.82) is 0 Å². The normalized spacial score (nSPS) is 15.6. The molecule has 3 rings (SSSR count). The lowest BCUT2D eigenvalue weighted by Crippen LogP contribution is -2.40. The molecule has 10 heteroatoms. The number of nitrogens with zero attached hydrogens (tertiary/aromatic N) is 2. The van der Waals surface area contributed by atoms with Crippen molar-refractivity contribution in [3.05, 3.63) is 40.2 Å². The molecule has 0 atom stereocenters. The van der Waals surface area contributed by atoms with Gasteiger partial charge < -0.3 is 19.4 Å². The Kier molecular flexibility index (Phi) is 6.14. The number of methoxy groups -OCH3 is 1. The number of ether oxygens (including phenoxy) is 2. The third kappa shape index (κ3) is 3.95. The zero-order valence-electron chi connectivity index (χ0n) is 15.8. The Balaban J connectivity index is 2.04. The fraction of sp³-hybridized carbons (Fsp3) is 0.444. The van der Waals surface area contributed by atoms with Crippen molar-refractivity contribution in [2.45, 2.75) is 4.90 Å². The predicted octanol–water partition coefficient (Wildman–Crippen LogP) is -0.0644. The SMILES string of the molecule is COCCNC(=O)c1cn(C)c2ccc(S(=O)(=O)N3CCOCC3)cc2c1=O. The molecule has 0 unspecified atom stereocenters. The first-order valence-corrected chi connectivity index (χ1v) is 10.3. The minimum Gasteiger partial charge on any atom is -0.383 e. The molecule has 152 valence electrons. The molecule has 1 N–H and O–H groups in total. The Morgan fingerprint density at radius 2 is 2.00 bits per heavy atom. The number of aromatic nitrogens is 1. The second-order valence-corrected chi connectivity index (χ2v) is 8.36. The van der Waals surface area contributed by atoms with Crippen LogP contribution in [0.5, 0.6) is 0 Å². The Morgan fingerprint density at radius 1 is 1.29 bits per heavy atom. The van der Waals surface area contributed by atoms with Gasteiger partial charge in [0.2, 0.25) is 15.5 Å². The summed E-state index contributed by atoms with van der Waals surface area (Å²) in [5.41, 5.74) is -0.0200. The number of morpholine rings is 1. The van der Waals surface area contributed by atoms with Crippen LogP contribution in [0.3, 0.4) is 0 Å². The van der Waals surface area contributed by atoms with Gasteiger partial charge in [-0.15, -0.1) is 0 Å². The number of nitrogens with one attached hydrogen (secondary N) is 1. The molecule has 1 aromatic heterocycles. The Labute approximate surface area is 162 Å². The number of pyridine rings is 1. The highest BCUT2D eigenvalue weighted by Crippen LogP contribution is 2.21. The maximum atomic E-state index is 12.9. The number of hydrogen-bond acceptors (Lipinski definition) is 6. The van der Waals surface area contributed by atoms with E-state index in [0.29, 0.717) is 25.3 Å². The lowest BCUT2D eigenvalue weighted by atomic mass is 10.1. The smallest absolute Gasteiger partial charge is 0.256 e. The molecule has 28 heavy (non-hydrogen) atoms. The molecule has 1 aliphatic rings. The van der Waals surface area contributed by atoms with E-state index in [1.54, 1.807) is 17.7 Å². The molecule has 0 radical (unpaired) electrons. The minimum atomic E-state index is -3.75. The van der Waals surface area contributed by atoms with Crippen LogP contribution in [0.25, 0.3) is 10.9 Å². The molecule has 1 aliphatic heterocycles. The van der Waals surface area contributed by atoms with Gasteiger partial charge in [-0.05, 0) is 18.2 Å². The zero-order valence-corrected chi connectivity index (χ0v) is 16.6. The van der Waals surface area contributed by atoms with Gasteiger partial charge in [0, 0.05) is 45.4 Å². The third-order valence-electron chi connectivity index (χ3n) is 4.60. The maximum absolute atomic E-state index is 12.9. The zero-order chi connectivity index (χ0) is 20.3. The molecule has 2 aromatic rings. The second-order valence-electron chi connectivity index (χ2n) is 6.43. The summed E-state index contributed by atoms with van der Waals surface area (Å²) in [6.07, 6.45) is 1.45. The van der Waals surface area contributed by atoms with Gasteiger partial charge in [-0.1, -0.05) is 0 Å². The minimum absolute atomic E-state index is 0.0240. The summed E-state index contributed by atoms with van der Waals surface area (Å²) < 4.78 is 38.8. The van der Waals surface area contributed by atoms with Gasteiger partial charge in [0.05, 0.1) is 30.2 Å². The topological polar surface area (TPSA) is 107 Å². The van der Waals surface area contributed by atoms with Crippen molar-refractivity contribution in [2.75, 3.05) is 46.6 Å². The van der Waals surface area contributed by atoms with Crippen LogP contribution in [0.1, 0.15) is 10.4 Å². The first-order chi connectivity index (χ1) is 13.4. The van der Waals surface area contributed by atoms with E-state index in [1.807, 2.05) is 0 Å². The van der Waals surface area contributed by atoms with E-state index < -0.39 is 21.4 Å². The maximum Gasteiger partial charge on any atom is 0.256 e. The first-order valence-electron chi connectivity index (χ1n) is 8.84. The summed E-state index contributed by atoms with van der Waals surface area (Å²) in [5.74, 6) is -0.527. The predicted molar refractivity (Wildman–Crippen MR) is 103 cm³/mol. The molecule has 1 aromatic carbocycles. The summed E-state index contributed by atoms with van der Waals surface area (Å²) in [6.45, 7) is 1.78. The van der Waals surface area contributed by atoms with E-state index in [0.717, 1.165) is 0 Å². The fourth-order valence-electron chi connectivity index (χ4n) is 3.09. The summed E-state index contributed by atoms with van der Waals surface area (Å²) in [7, 11) is -0.536. The molecular formula is C18H23N3O6S. The fourth-order valence-corrected chi connectivity index (χ4v) is 4.53. The molecule has 1 fully saturated rings. The molecule has 0 bridgehead atoms. The van der Waals surface area contributed by atoms with E-state index >= 15 is 0 Å². The molecule has 1 amide bonds. The van der Waals surface area contributed by atoms with Crippen LogP contribution in [-0.4, -0.2) is 69.8 Å². The third-order valence-corrected chi connectivity index (χ3v) is 6.50. The van der Waals surface area contributed by atoms with Crippen LogP contribution in [0.4, 0.5) is 0 Å². The highest BCUT2D eigenvalue weighted by molar-refractivity contribution is 7.89. The van der Waals surface area contributed by atoms with Gasteiger partial charge in [-0.3, -0.25) is 9.59 Å². The average molecular weight is 409 g/mol. The van der Waals surface area contributed by atoms with Gasteiger partial charge in [-0.2, -0.15) is 4.31 Å². The number of fused-ring (bicyclic) bond motifs is 1.